The molecule has 0 amide bonds. The predicted octanol–water partition coefficient (Wildman–Crippen LogP) is 4.06. The van der Waals surface area contributed by atoms with Crippen LogP contribution in [0.4, 0.5) is 0 Å². The Balaban J connectivity index is 2.43. The Morgan fingerprint density at radius 1 is 1.28 bits per heavy atom. The van der Waals surface area contributed by atoms with Crippen molar-refractivity contribution >= 4 is 5.78 Å². The molecular weight excluding hydrogens is 224 g/mol. The van der Waals surface area contributed by atoms with E-state index in [4.69, 9.17) is 4.74 Å². The van der Waals surface area contributed by atoms with Crippen LogP contribution in [0.1, 0.15) is 52.4 Å². The summed E-state index contributed by atoms with van der Waals surface area (Å²) < 4.78 is 5.10. The molecule has 0 N–H and O–H groups in total. The van der Waals surface area contributed by atoms with Gasteiger partial charge in [0.2, 0.25) is 0 Å². The molecule has 0 bridgehead atoms. The summed E-state index contributed by atoms with van der Waals surface area (Å²) in [5.41, 5.74) is 2.43. The molecule has 102 valence electrons. The topological polar surface area (TPSA) is 26.3 Å². The molecule has 0 aromatic rings. The number of carbonyl (C=O) groups is 1. The summed E-state index contributed by atoms with van der Waals surface area (Å²) in [6.45, 7) is 4.95. The summed E-state index contributed by atoms with van der Waals surface area (Å²) in [6.07, 6.45) is 10.4. The Bertz CT molecular complexity index is 326. The SMILES string of the molecule is CCCCCCC(=O)C1C(C)=CC=C1CCOC. The van der Waals surface area contributed by atoms with Crippen LogP contribution in [-0.2, 0) is 9.53 Å². The van der Waals surface area contributed by atoms with E-state index in [1.165, 1.54) is 30.4 Å². The van der Waals surface area contributed by atoms with Crippen LogP contribution in [0.15, 0.2) is 23.3 Å². The van der Waals surface area contributed by atoms with Crippen LogP contribution in [0.2, 0.25) is 0 Å². The minimum Gasteiger partial charge on any atom is -0.384 e. The molecule has 18 heavy (non-hydrogen) atoms. The van der Waals surface area contributed by atoms with E-state index in [2.05, 4.69) is 26.0 Å². The van der Waals surface area contributed by atoms with E-state index in [0.29, 0.717) is 12.4 Å². The average Bonchev–Trinajstić information content (AvgIpc) is 2.73. The van der Waals surface area contributed by atoms with Crippen molar-refractivity contribution in [2.75, 3.05) is 13.7 Å². The second kappa shape index (κ2) is 8.25. The summed E-state index contributed by atoms with van der Waals surface area (Å²) >= 11 is 0. The van der Waals surface area contributed by atoms with Crippen LogP contribution in [0, 0.1) is 5.92 Å². The largest absolute Gasteiger partial charge is 0.384 e. The number of carbonyl (C=O) groups excluding carboxylic acids is 1. The molecule has 1 unspecified atom stereocenters. The first-order valence-corrected chi connectivity index (χ1v) is 7.09. The zero-order valence-corrected chi connectivity index (χ0v) is 12.0. The first-order chi connectivity index (χ1) is 8.70. The minimum absolute atomic E-state index is 0.0433. The number of hydrogen-bond donors (Lipinski definition) is 0. The third kappa shape index (κ3) is 4.41. The van der Waals surface area contributed by atoms with Gasteiger partial charge in [0.15, 0.2) is 0 Å². The lowest BCUT2D eigenvalue weighted by Gasteiger charge is -2.16. The summed E-state index contributed by atoms with van der Waals surface area (Å²) in [5.74, 6) is 0.432. The molecule has 1 atom stereocenters. The van der Waals surface area contributed by atoms with E-state index >= 15 is 0 Å². The molecule has 0 radical (unpaired) electrons. The number of allylic oxidation sites excluding steroid dienone is 3. The van der Waals surface area contributed by atoms with Crippen LogP contribution < -0.4 is 0 Å². The van der Waals surface area contributed by atoms with Crippen LogP contribution in [0.3, 0.4) is 0 Å². The van der Waals surface area contributed by atoms with Crippen molar-refractivity contribution in [3.8, 4) is 0 Å². The fourth-order valence-electron chi connectivity index (χ4n) is 2.50. The summed E-state index contributed by atoms with van der Waals surface area (Å²) in [4.78, 5) is 12.3. The van der Waals surface area contributed by atoms with E-state index in [0.717, 1.165) is 19.3 Å². The van der Waals surface area contributed by atoms with Crippen molar-refractivity contribution in [3.63, 3.8) is 0 Å². The van der Waals surface area contributed by atoms with Gasteiger partial charge >= 0.3 is 0 Å². The van der Waals surface area contributed by atoms with Crippen molar-refractivity contribution in [1.29, 1.82) is 0 Å². The highest BCUT2D eigenvalue weighted by Gasteiger charge is 2.26. The maximum Gasteiger partial charge on any atom is 0.144 e. The van der Waals surface area contributed by atoms with Crippen LogP contribution >= 0.6 is 0 Å². The number of ketones is 1. The molecule has 0 heterocycles. The Morgan fingerprint density at radius 3 is 2.72 bits per heavy atom. The van der Waals surface area contributed by atoms with Gasteiger partial charge in [0.25, 0.3) is 0 Å². The Kier molecular flexibility index (Phi) is 6.96. The molecule has 0 saturated carbocycles. The van der Waals surface area contributed by atoms with Gasteiger partial charge in [-0.3, -0.25) is 4.79 Å². The quantitative estimate of drug-likeness (QED) is 0.577. The van der Waals surface area contributed by atoms with Gasteiger partial charge in [0.05, 0.1) is 5.92 Å². The summed E-state index contributed by atoms with van der Waals surface area (Å²) in [7, 11) is 1.71. The Hall–Kier alpha value is -0.890. The first kappa shape index (κ1) is 15.2. The van der Waals surface area contributed by atoms with Gasteiger partial charge in [0.1, 0.15) is 5.78 Å². The summed E-state index contributed by atoms with van der Waals surface area (Å²) in [6, 6.07) is 0. The molecular formula is C16H26O2. The highest BCUT2D eigenvalue weighted by atomic mass is 16.5. The second-order valence-electron chi connectivity index (χ2n) is 5.11. The number of methoxy groups -OCH3 is 1. The third-order valence-corrected chi connectivity index (χ3v) is 3.58. The zero-order valence-electron chi connectivity index (χ0n) is 12.0. The van der Waals surface area contributed by atoms with E-state index in [-0.39, 0.29) is 5.92 Å². The zero-order chi connectivity index (χ0) is 13.4. The molecule has 1 rings (SSSR count). The first-order valence-electron chi connectivity index (χ1n) is 7.09. The monoisotopic (exact) mass is 250 g/mol. The number of rotatable bonds is 9. The molecule has 0 fully saturated rings. The molecule has 0 aromatic carbocycles. The van der Waals surface area contributed by atoms with E-state index in [9.17, 15) is 4.79 Å². The lowest BCUT2D eigenvalue weighted by atomic mass is 9.88. The van der Waals surface area contributed by atoms with Crippen molar-refractivity contribution in [3.05, 3.63) is 23.3 Å². The molecule has 0 aromatic heterocycles. The van der Waals surface area contributed by atoms with Crippen LogP contribution in [0.25, 0.3) is 0 Å². The molecule has 0 spiro atoms. The maximum absolute atomic E-state index is 12.3. The number of ether oxygens (including phenoxy) is 1. The second-order valence-corrected chi connectivity index (χ2v) is 5.11. The number of Topliss-reactive ketones (excluding diaryl/α,β-unsaturated/α-hetero) is 1. The lowest BCUT2D eigenvalue weighted by molar-refractivity contribution is -0.121. The highest BCUT2D eigenvalue weighted by molar-refractivity contribution is 5.87. The molecule has 1 aliphatic carbocycles. The summed E-state index contributed by atoms with van der Waals surface area (Å²) in [5, 5.41) is 0. The minimum atomic E-state index is 0.0433. The van der Waals surface area contributed by atoms with Gasteiger partial charge in [-0.2, -0.15) is 0 Å². The fourth-order valence-corrected chi connectivity index (χ4v) is 2.50. The van der Waals surface area contributed by atoms with Gasteiger partial charge in [-0.25, -0.2) is 0 Å². The van der Waals surface area contributed by atoms with Crippen LogP contribution in [-0.4, -0.2) is 19.5 Å². The van der Waals surface area contributed by atoms with Crippen molar-refractivity contribution in [2.45, 2.75) is 52.4 Å². The van der Waals surface area contributed by atoms with Crippen molar-refractivity contribution in [2.24, 2.45) is 5.92 Å². The Morgan fingerprint density at radius 2 is 2.06 bits per heavy atom. The lowest BCUT2D eigenvalue weighted by Crippen LogP contribution is -2.17. The van der Waals surface area contributed by atoms with E-state index in [1.807, 2.05) is 0 Å². The number of hydrogen-bond acceptors (Lipinski definition) is 2. The molecule has 0 saturated heterocycles. The van der Waals surface area contributed by atoms with E-state index < -0.39 is 0 Å². The van der Waals surface area contributed by atoms with Gasteiger partial charge in [0, 0.05) is 20.1 Å². The maximum atomic E-state index is 12.3. The Labute approximate surface area is 111 Å². The van der Waals surface area contributed by atoms with Gasteiger partial charge in [-0.1, -0.05) is 49.5 Å². The predicted molar refractivity (Wildman–Crippen MR) is 75.6 cm³/mol. The smallest absolute Gasteiger partial charge is 0.144 e. The normalized spacial score (nSPS) is 18.7. The molecule has 2 nitrogen and oxygen atoms in total. The van der Waals surface area contributed by atoms with Gasteiger partial charge in [-0.05, 0) is 19.8 Å². The van der Waals surface area contributed by atoms with Crippen LogP contribution in [0.5, 0.6) is 0 Å². The standard InChI is InChI=1S/C16H26O2/c1-4-5-6-7-8-15(17)16-13(2)9-10-14(16)11-12-18-3/h9-10,16H,4-8,11-12H2,1-3H3. The van der Waals surface area contributed by atoms with Crippen molar-refractivity contribution < 1.29 is 9.53 Å². The average molecular weight is 250 g/mol. The highest BCUT2D eigenvalue weighted by Crippen LogP contribution is 2.31. The molecule has 2 heteroatoms. The third-order valence-electron chi connectivity index (χ3n) is 3.58. The molecule has 1 aliphatic rings. The van der Waals surface area contributed by atoms with Gasteiger partial charge in [-0.15, -0.1) is 0 Å². The van der Waals surface area contributed by atoms with Gasteiger partial charge < -0.3 is 4.74 Å². The van der Waals surface area contributed by atoms with Crippen molar-refractivity contribution in [1.82, 2.24) is 0 Å². The van der Waals surface area contributed by atoms with E-state index in [1.54, 1.807) is 7.11 Å². The fraction of sp³-hybridized carbons (Fsp3) is 0.688. The molecule has 0 aliphatic heterocycles. The number of unbranched alkanes of at least 4 members (excludes halogenated alkanes) is 3.